The molecule has 1 saturated heterocycles. The second-order valence-corrected chi connectivity index (χ2v) is 5.34. The lowest BCUT2D eigenvalue weighted by Gasteiger charge is -2.11. The van der Waals surface area contributed by atoms with Crippen molar-refractivity contribution in [2.24, 2.45) is 0 Å². The molecule has 1 amide bonds. The summed E-state index contributed by atoms with van der Waals surface area (Å²) in [6.07, 6.45) is 2.03. The van der Waals surface area contributed by atoms with Gasteiger partial charge in [-0.25, -0.2) is 4.68 Å². The monoisotopic (exact) mass is 318 g/mol. The maximum absolute atomic E-state index is 11.8. The molecule has 3 rings (SSSR count). The highest BCUT2D eigenvalue weighted by Gasteiger charge is 2.17. The minimum Gasteiger partial charge on any atom is -0.454 e. The molecule has 1 aliphatic heterocycles. The zero-order valence-electron chi connectivity index (χ0n) is 12.6. The minimum absolute atomic E-state index is 0.0659. The molecule has 1 unspecified atom stereocenters. The number of ether oxygens (including phenoxy) is 2. The fourth-order valence-electron chi connectivity index (χ4n) is 2.43. The molecule has 0 saturated carbocycles. The third-order valence-electron chi connectivity index (χ3n) is 3.61. The van der Waals surface area contributed by atoms with E-state index < -0.39 is 5.97 Å². The predicted octanol–water partition coefficient (Wildman–Crippen LogP) is 0.270. The summed E-state index contributed by atoms with van der Waals surface area (Å²) in [6.45, 7) is 0.795. The fraction of sp³-hybridized carbons (Fsp3) is 0.467. The third-order valence-corrected chi connectivity index (χ3v) is 3.61. The maximum atomic E-state index is 11.8. The Morgan fingerprint density at radius 3 is 3.09 bits per heavy atom. The Morgan fingerprint density at radius 1 is 1.39 bits per heavy atom. The number of esters is 1. The van der Waals surface area contributed by atoms with Crippen LogP contribution >= 0.6 is 0 Å². The smallest absolute Gasteiger partial charge is 0.328 e. The van der Waals surface area contributed by atoms with Gasteiger partial charge in [0.1, 0.15) is 12.1 Å². The number of rotatable bonds is 6. The summed E-state index contributed by atoms with van der Waals surface area (Å²) >= 11 is 0. The van der Waals surface area contributed by atoms with Crippen molar-refractivity contribution in [3.8, 4) is 0 Å². The molecule has 1 atom stereocenters. The Morgan fingerprint density at radius 2 is 2.26 bits per heavy atom. The summed E-state index contributed by atoms with van der Waals surface area (Å²) in [7, 11) is 0. The number of hydrogen-bond donors (Lipinski definition) is 1. The van der Waals surface area contributed by atoms with E-state index >= 15 is 0 Å². The molecule has 1 aromatic heterocycles. The summed E-state index contributed by atoms with van der Waals surface area (Å²) < 4.78 is 11.8. The summed E-state index contributed by atoms with van der Waals surface area (Å²) in [5.74, 6) is -0.870. The van der Waals surface area contributed by atoms with Crippen LogP contribution in [0, 0.1) is 0 Å². The first-order chi connectivity index (χ1) is 11.2. The first-order valence-corrected chi connectivity index (χ1v) is 7.54. The number of aromatic nitrogens is 3. The summed E-state index contributed by atoms with van der Waals surface area (Å²) in [6, 6.07) is 7.31. The van der Waals surface area contributed by atoms with Crippen molar-refractivity contribution in [1.29, 1.82) is 0 Å². The number of fused-ring (bicyclic) bond motifs is 1. The second-order valence-electron chi connectivity index (χ2n) is 5.34. The van der Waals surface area contributed by atoms with Gasteiger partial charge in [-0.1, -0.05) is 17.3 Å². The number of amides is 1. The van der Waals surface area contributed by atoms with Crippen LogP contribution in [0.1, 0.15) is 12.8 Å². The molecule has 8 heteroatoms. The highest BCUT2D eigenvalue weighted by molar-refractivity contribution is 5.81. The summed E-state index contributed by atoms with van der Waals surface area (Å²) in [5.41, 5.74) is 1.45. The summed E-state index contributed by atoms with van der Waals surface area (Å²) in [4.78, 5) is 23.4. The average Bonchev–Trinajstić information content (AvgIpc) is 3.21. The molecule has 0 bridgehead atoms. The Kier molecular flexibility index (Phi) is 4.82. The van der Waals surface area contributed by atoms with Crippen LogP contribution in [0.5, 0.6) is 0 Å². The van der Waals surface area contributed by atoms with E-state index in [1.165, 1.54) is 4.68 Å². The lowest BCUT2D eigenvalue weighted by atomic mass is 10.2. The van der Waals surface area contributed by atoms with E-state index in [0.29, 0.717) is 12.1 Å². The molecule has 0 spiro atoms. The molecule has 0 radical (unpaired) electrons. The van der Waals surface area contributed by atoms with Crippen molar-refractivity contribution < 1.29 is 19.1 Å². The van der Waals surface area contributed by atoms with Gasteiger partial charge in [-0.2, -0.15) is 0 Å². The van der Waals surface area contributed by atoms with E-state index in [1.54, 1.807) is 0 Å². The van der Waals surface area contributed by atoms with Crippen molar-refractivity contribution in [3.63, 3.8) is 0 Å². The van der Waals surface area contributed by atoms with Gasteiger partial charge in [-0.05, 0) is 25.0 Å². The first-order valence-electron chi connectivity index (χ1n) is 7.54. The molecule has 1 aromatic carbocycles. The molecule has 2 heterocycles. The lowest BCUT2D eigenvalue weighted by Crippen LogP contribution is -2.35. The molecule has 23 heavy (non-hydrogen) atoms. The molecule has 122 valence electrons. The zero-order chi connectivity index (χ0) is 16.1. The van der Waals surface area contributed by atoms with Crippen molar-refractivity contribution >= 4 is 22.9 Å². The normalized spacial score (nSPS) is 17.3. The molecular weight excluding hydrogens is 300 g/mol. The van der Waals surface area contributed by atoms with Crippen LogP contribution in [0.15, 0.2) is 24.3 Å². The van der Waals surface area contributed by atoms with Gasteiger partial charge in [0.2, 0.25) is 0 Å². The van der Waals surface area contributed by atoms with E-state index in [1.807, 2.05) is 24.3 Å². The Bertz CT molecular complexity index is 694. The number of para-hydroxylation sites is 1. The van der Waals surface area contributed by atoms with Crippen LogP contribution in [0.4, 0.5) is 0 Å². The number of nitrogens with one attached hydrogen (secondary N) is 1. The van der Waals surface area contributed by atoms with E-state index in [0.717, 1.165) is 25.0 Å². The predicted molar refractivity (Wildman–Crippen MR) is 80.5 cm³/mol. The van der Waals surface area contributed by atoms with E-state index in [4.69, 9.17) is 9.47 Å². The number of hydrogen-bond acceptors (Lipinski definition) is 6. The molecule has 1 fully saturated rings. The molecule has 8 nitrogen and oxygen atoms in total. The Labute approximate surface area is 132 Å². The average molecular weight is 318 g/mol. The number of carbonyl (C=O) groups is 2. The van der Waals surface area contributed by atoms with E-state index in [9.17, 15) is 9.59 Å². The largest absolute Gasteiger partial charge is 0.454 e. The topological polar surface area (TPSA) is 95.3 Å². The van der Waals surface area contributed by atoms with Crippen molar-refractivity contribution in [2.45, 2.75) is 25.5 Å². The Hall–Kier alpha value is -2.48. The SMILES string of the molecule is O=C(COC(=O)Cn1nnc2ccccc21)NCC1CCCO1. The number of carbonyl (C=O) groups excluding carboxylic acids is 2. The van der Waals surface area contributed by atoms with Gasteiger partial charge in [0.15, 0.2) is 6.61 Å². The fourth-order valence-corrected chi connectivity index (χ4v) is 2.43. The van der Waals surface area contributed by atoms with E-state index in [-0.39, 0.29) is 25.2 Å². The van der Waals surface area contributed by atoms with Crippen LogP contribution in [-0.4, -0.2) is 52.7 Å². The summed E-state index contributed by atoms with van der Waals surface area (Å²) in [5, 5.41) is 10.5. The highest BCUT2D eigenvalue weighted by atomic mass is 16.5. The molecule has 2 aromatic rings. The maximum Gasteiger partial charge on any atom is 0.328 e. The van der Waals surface area contributed by atoms with Crippen molar-refractivity contribution in [1.82, 2.24) is 20.3 Å². The first kappa shape index (κ1) is 15.4. The Balaban J connectivity index is 1.43. The lowest BCUT2D eigenvalue weighted by molar-refractivity contribution is -0.149. The highest BCUT2D eigenvalue weighted by Crippen LogP contribution is 2.10. The minimum atomic E-state index is -0.534. The number of benzene rings is 1. The van der Waals surface area contributed by atoms with Crippen LogP contribution < -0.4 is 5.32 Å². The van der Waals surface area contributed by atoms with Crippen molar-refractivity contribution in [3.05, 3.63) is 24.3 Å². The van der Waals surface area contributed by atoms with E-state index in [2.05, 4.69) is 15.6 Å². The van der Waals surface area contributed by atoms with Gasteiger partial charge < -0.3 is 14.8 Å². The number of nitrogens with zero attached hydrogens (tertiary/aromatic N) is 3. The molecular formula is C15H18N4O4. The molecule has 0 aliphatic carbocycles. The van der Waals surface area contributed by atoms with Crippen LogP contribution in [-0.2, 0) is 25.6 Å². The zero-order valence-corrected chi connectivity index (χ0v) is 12.6. The van der Waals surface area contributed by atoms with Crippen LogP contribution in [0.2, 0.25) is 0 Å². The van der Waals surface area contributed by atoms with Crippen LogP contribution in [0.25, 0.3) is 11.0 Å². The molecule has 1 N–H and O–H groups in total. The quantitative estimate of drug-likeness (QED) is 0.768. The van der Waals surface area contributed by atoms with Crippen molar-refractivity contribution in [2.75, 3.05) is 19.8 Å². The van der Waals surface area contributed by atoms with Gasteiger partial charge in [0.25, 0.3) is 5.91 Å². The van der Waals surface area contributed by atoms with Crippen LogP contribution in [0.3, 0.4) is 0 Å². The standard InChI is InChI=1S/C15H18N4O4/c20-14(16-8-11-4-3-7-22-11)10-23-15(21)9-19-13-6-2-1-5-12(13)17-18-19/h1-2,5-6,11H,3-4,7-10H2,(H,16,20). The van der Waals surface area contributed by atoms with Gasteiger partial charge >= 0.3 is 5.97 Å². The molecule has 1 aliphatic rings. The van der Waals surface area contributed by atoms with Gasteiger partial charge in [0.05, 0.1) is 11.6 Å². The van der Waals surface area contributed by atoms with Gasteiger partial charge in [-0.15, -0.1) is 5.10 Å². The van der Waals surface area contributed by atoms with Gasteiger partial charge in [0, 0.05) is 13.2 Å². The third kappa shape index (κ3) is 4.04. The van der Waals surface area contributed by atoms with Gasteiger partial charge in [-0.3, -0.25) is 9.59 Å². The second kappa shape index (κ2) is 7.19.